The van der Waals surface area contributed by atoms with Crippen molar-refractivity contribution in [2.75, 3.05) is 31.2 Å². The fraction of sp³-hybridized carbons (Fsp3) is 0.467. The van der Waals surface area contributed by atoms with Crippen molar-refractivity contribution < 1.29 is 9.53 Å². The lowest BCUT2D eigenvalue weighted by Gasteiger charge is -2.26. The number of nitrogens with zero attached hydrogens (tertiary/aromatic N) is 2. The summed E-state index contributed by atoms with van der Waals surface area (Å²) in [5.74, 6) is -0.0480. The van der Waals surface area contributed by atoms with Gasteiger partial charge in [0.2, 0.25) is 0 Å². The number of nitrogens with one attached hydrogen (secondary N) is 1. The Labute approximate surface area is 137 Å². The molecule has 0 saturated carbocycles. The Bertz CT molecular complexity index is 633. The van der Waals surface area contributed by atoms with E-state index in [1.165, 1.54) is 11.3 Å². The summed E-state index contributed by atoms with van der Waals surface area (Å²) in [6.07, 6.45) is 0. The van der Waals surface area contributed by atoms with Crippen molar-refractivity contribution >= 4 is 33.7 Å². The number of thiazole rings is 1. The Morgan fingerprint density at radius 3 is 2.91 bits per heavy atom. The molecule has 7 heteroatoms. The van der Waals surface area contributed by atoms with E-state index in [9.17, 15) is 4.79 Å². The summed E-state index contributed by atoms with van der Waals surface area (Å²) < 4.78 is 5.36. The van der Waals surface area contributed by atoms with Gasteiger partial charge in [-0.15, -0.1) is 0 Å². The molecule has 1 fully saturated rings. The van der Waals surface area contributed by atoms with Crippen LogP contribution in [0.3, 0.4) is 0 Å². The zero-order valence-corrected chi connectivity index (χ0v) is 14.3. The molecule has 1 atom stereocenters. The van der Waals surface area contributed by atoms with Crippen LogP contribution in [0.4, 0.5) is 5.13 Å². The molecule has 2 aromatic rings. The van der Waals surface area contributed by atoms with E-state index in [0.717, 1.165) is 42.7 Å². The summed E-state index contributed by atoms with van der Waals surface area (Å²) in [7, 11) is 0. The van der Waals surface area contributed by atoms with Crippen LogP contribution in [0.2, 0.25) is 0 Å². The van der Waals surface area contributed by atoms with Crippen molar-refractivity contribution in [1.82, 2.24) is 10.3 Å². The average Bonchev–Trinajstić information content (AvgIpc) is 3.17. The van der Waals surface area contributed by atoms with Crippen molar-refractivity contribution in [3.8, 4) is 0 Å². The van der Waals surface area contributed by atoms with Gasteiger partial charge in [0, 0.05) is 13.1 Å². The predicted molar refractivity (Wildman–Crippen MR) is 90.1 cm³/mol. The molecule has 1 amide bonds. The Kier molecular flexibility index (Phi) is 4.75. The number of carbonyl (C=O) groups excluding carboxylic acids is 1. The highest BCUT2D eigenvalue weighted by molar-refractivity contribution is 7.17. The molecule has 1 saturated heterocycles. The summed E-state index contributed by atoms with van der Waals surface area (Å²) in [6, 6.07) is 2.04. The number of rotatable bonds is 4. The van der Waals surface area contributed by atoms with E-state index < -0.39 is 0 Å². The molecule has 0 spiro atoms. The zero-order valence-electron chi connectivity index (χ0n) is 12.7. The second-order valence-electron chi connectivity index (χ2n) is 5.26. The first kappa shape index (κ1) is 15.5. The average molecular weight is 337 g/mol. The molecule has 3 heterocycles. The Morgan fingerprint density at radius 2 is 2.23 bits per heavy atom. The lowest BCUT2D eigenvalue weighted by molar-refractivity contribution is 0.0943. The molecule has 1 aliphatic rings. The standard InChI is InChI=1S/C15H19N3O2S2/c1-10(12-3-8-21-9-12)16-14(19)13-11(2)17-15(22-13)18-4-6-20-7-5-18/h3,8-10H,4-7H2,1-2H3,(H,16,19). The first-order valence-electron chi connectivity index (χ1n) is 7.28. The summed E-state index contributed by atoms with van der Waals surface area (Å²) in [4.78, 5) is 19.9. The molecule has 1 unspecified atom stereocenters. The van der Waals surface area contributed by atoms with Crippen molar-refractivity contribution in [3.05, 3.63) is 33.0 Å². The van der Waals surface area contributed by atoms with Gasteiger partial charge in [0.1, 0.15) is 4.88 Å². The molecule has 0 bridgehead atoms. The number of thiophene rings is 1. The third-order valence-corrected chi connectivity index (χ3v) is 5.58. The van der Waals surface area contributed by atoms with E-state index in [-0.39, 0.29) is 11.9 Å². The maximum atomic E-state index is 12.5. The van der Waals surface area contributed by atoms with Crippen molar-refractivity contribution in [1.29, 1.82) is 0 Å². The number of hydrogen-bond donors (Lipinski definition) is 1. The molecule has 5 nitrogen and oxygen atoms in total. The highest BCUT2D eigenvalue weighted by atomic mass is 32.1. The van der Waals surface area contributed by atoms with Gasteiger partial charge in [0.05, 0.1) is 24.9 Å². The topological polar surface area (TPSA) is 54.5 Å². The Morgan fingerprint density at radius 1 is 1.45 bits per heavy atom. The summed E-state index contributed by atoms with van der Waals surface area (Å²) in [6.45, 7) is 6.99. The molecular weight excluding hydrogens is 318 g/mol. The van der Waals surface area contributed by atoms with Crippen LogP contribution in [0.25, 0.3) is 0 Å². The number of morpholine rings is 1. The van der Waals surface area contributed by atoms with Gasteiger partial charge in [-0.25, -0.2) is 4.98 Å². The van der Waals surface area contributed by atoms with Gasteiger partial charge in [-0.2, -0.15) is 11.3 Å². The summed E-state index contributed by atoms with van der Waals surface area (Å²) in [5, 5.41) is 8.04. The van der Waals surface area contributed by atoms with Gasteiger partial charge in [-0.3, -0.25) is 4.79 Å². The van der Waals surface area contributed by atoms with E-state index >= 15 is 0 Å². The van der Waals surface area contributed by atoms with Crippen molar-refractivity contribution in [2.45, 2.75) is 19.9 Å². The number of aryl methyl sites for hydroxylation is 1. The van der Waals surface area contributed by atoms with E-state index in [1.807, 2.05) is 25.3 Å². The lowest BCUT2D eigenvalue weighted by Crippen LogP contribution is -2.36. The van der Waals surface area contributed by atoms with Crippen molar-refractivity contribution in [3.63, 3.8) is 0 Å². The molecule has 0 radical (unpaired) electrons. The second kappa shape index (κ2) is 6.76. The van der Waals surface area contributed by atoms with E-state index in [1.54, 1.807) is 11.3 Å². The minimum absolute atomic E-state index is 0.00656. The van der Waals surface area contributed by atoms with Crippen LogP contribution >= 0.6 is 22.7 Å². The third-order valence-electron chi connectivity index (χ3n) is 3.66. The number of amides is 1. The highest BCUT2D eigenvalue weighted by Crippen LogP contribution is 2.27. The first-order chi connectivity index (χ1) is 10.6. The van der Waals surface area contributed by atoms with Gasteiger partial charge in [-0.05, 0) is 36.2 Å². The van der Waals surface area contributed by atoms with E-state index in [4.69, 9.17) is 4.74 Å². The lowest BCUT2D eigenvalue weighted by atomic mass is 10.2. The molecule has 0 aromatic carbocycles. The van der Waals surface area contributed by atoms with Gasteiger partial charge in [0.15, 0.2) is 5.13 Å². The number of ether oxygens (including phenoxy) is 1. The van der Waals surface area contributed by atoms with Gasteiger partial charge >= 0.3 is 0 Å². The van der Waals surface area contributed by atoms with Gasteiger partial charge < -0.3 is 15.0 Å². The largest absolute Gasteiger partial charge is 0.378 e. The highest BCUT2D eigenvalue weighted by Gasteiger charge is 2.21. The van der Waals surface area contributed by atoms with Gasteiger partial charge in [0.25, 0.3) is 5.91 Å². The first-order valence-corrected chi connectivity index (χ1v) is 9.04. The number of aromatic nitrogens is 1. The normalized spacial score (nSPS) is 16.5. The van der Waals surface area contributed by atoms with Crippen LogP contribution < -0.4 is 10.2 Å². The number of carbonyl (C=O) groups is 1. The molecule has 22 heavy (non-hydrogen) atoms. The van der Waals surface area contributed by atoms with Crippen LogP contribution in [0.1, 0.15) is 33.9 Å². The molecule has 1 N–H and O–H groups in total. The van der Waals surface area contributed by atoms with Crippen LogP contribution in [-0.4, -0.2) is 37.2 Å². The van der Waals surface area contributed by atoms with Crippen molar-refractivity contribution in [2.24, 2.45) is 0 Å². The van der Waals surface area contributed by atoms with Crippen LogP contribution in [0, 0.1) is 6.92 Å². The maximum absolute atomic E-state index is 12.5. The second-order valence-corrected chi connectivity index (χ2v) is 7.02. The number of hydrogen-bond acceptors (Lipinski definition) is 6. The molecule has 118 valence electrons. The maximum Gasteiger partial charge on any atom is 0.263 e. The fourth-order valence-corrected chi connectivity index (χ4v) is 4.13. The quantitative estimate of drug-likeness (QED) is 0.932. The van der Waals surface area contributed by atoms with Crippen LogP contribution in [0.5, 0.6) is 0 Å². The third kappa shape index (κ3) is 3.31. The van der Waals surface area contributed by atoms with Crippen LogP contribution in [0.15, 0.2) is 16.8 Å². The molecular formula is C15H19N3O2S2. The van der Waals surface area contributed by atoms with Crippen LogP contribution in [-0.2, 0) is 4.74 Å². The number of anilines is 1. The van der Waals surface area contributed by atoms with E-state index in [2.05, 4.69) is 20.6 Å². The molecule has 2 aromatic heterocycles. The Balaban J connectivity index is 1.71. The van der Waals surface area contributed by atoms with Gasteiger partial charge in [-0.1, -0.05) is 11.3 Å². The summed E-state index contributed by atoms with van der Waals surface area (Å²) >= 11 is 3.10. The minimum atomic E-state index is -0.0480. The molecule has 0 aliphatic carbocycles. The molecule has 1 aliphatic heterocycles. The predicted octanol–water partition coefficient (Wildman–Crippen LogP) is 2.84. The van der Waals surface area contributed by atoms with E-state index in [0.29, 0.717) is 4.88 Å². The molecule has 3 rings (SSSR count). The fourth-order valence-electron chi connectivity index (χ4n) is 2.35. The zero-order chi connectivity index (χ0) is 15.5. The SMILES string of the molecule is Cc1nc(N2CCOCC2)sc1C(=O)NC(C)c1ccsc1. The smallest absolute Gasteiger partial charge is 0.263 e. The monoisotopic (exact) mass is 337 g/mol. The Hall–Kier alpha value is -1.44. The summed E-state index contributed by atoms with van der Waals surface area (Å²) in [5.41, 5.74) is 1.93. The minimum Gasteiger partial charge on any atom is -0.378 e.